The van der Waals surface area contributed by atoms with E-state index in [9.17, 15) is 27.6 Å². The number of hydrogen-bond donors (Lipinski definition) is 2. The Morgan fingerprint density at radius 3 is 2.76 bits per heavy atom. The van der Waals surface area contributed by atoms with Crippen molar-refractivity contribution in [1.82, 2.24) is 29.9 Å². The molecule has 3 heterocycles. The summed E-state index contributed by atoms with van der Waals surface area (Å²) in [4.78, 5) is 40.4. The zero-order valence-corrected chi connectivity index (χ0v) is 19.9. The van der Waals surface area contributed by atoms with Gasteiger partial charge in [-0.05, 0) is 43.4 Å². The highest BCUT2D eigenvalue weighted by molar-refractivity contribution is 5.92. The third-order valence-electron chi connectivity index (χ3n) is 6.17. The highest BCUT2D eigenvalue weighted by Gasteiger charge is 2.22. The van der Waals surface area contributed by atoms with Gasteiger partial charge in [0.15, 0.2) is 5.69 Å². The average molecular weight is 518 g/mol. The van der Waals surface area contributed by atoms with Crippen molar-refractivity contribution in [3.05, 3.63) is 70.2 Å². The SMILES string of the molecule is O=C(CC1CCC1)Nc1ccn(CCC(F)Cn2cc(C(=O)NCc3ncccc3F)nn2)c(=O)c1F. The normalized spacial score (nSPS) is 14.1. The molecule has 1 fully saturated rings. The maximum absolute atomic E-state index is 14.5. The summed E-state index contributed by atoms with van der Waals surface area (Å²) in [5.74, 6) is -2.33. The number of rotatable bonds is 11. The fourth-order valence-electron chi connectivity index (χ4n) is 3.85. The Morgan fingerprint density at radius 1 is 1.22 bits per heavy atom. The van der Waals surface area contributed by atoms with Gasteiger partial charge in [0, 0.05) is 25.4 Å². The van der Waals surface area contributed by atoms with Crippen molar-refractivity contribution in [3.8, 4) is 0 Å². The van der Waals surface area contributed by atoms with Crippen LogP contribution in [0.4, 0.5) is 18.9 Å². The Kier molecular flexibility index (Phi) is 8.31. The van der Waals surface area contributed by atoms with Crippen LogP contribution in [0.2, 0.25) is 0 Å². The van der Waals surface area contributed by atoms with E-state index in [0.29, 0.717) is 12.3 Å². The van der Waals surface area contributed by atoms with Gasteiger partial charge < -0.3 is 15.2 Å². The minimum Gasteiger partial charge on any atom is -0.345 e. The lowest BCUT2D eigenvalue weighted by Crippen LogP contribution is -2.27. The van der Waals surface area contributed by atoms with Gasteiger partial charge in [0.1, 0.15) is 12.0 Å². The van der Waals surface area contributed by atoms with Crippen LogP contribution in [-0.2, 0) is 24.4 Å². The van der Waals surface area contributed by atoms with Gasteiger partial charge in [0.25, 0.3) is 11.5 Å². The van der Waals surface area contributed by atoms with Gasteiger partial charge in [-0.25, -0.2) is 13.5 Å². The number of halogens is 3. The van der Waals surface area contributed by atoms with Crippen LogP contribution in [0.1, 0.15) is 48.3 Å². The van der Waals surface area contributed by atoms with Crippen LogP contribution >= 0.6 is 0 Å². The van der Waals surface area contributed by atoms with E-state index in [1.165, 1.54) is 36.8 Å². The first-order valence-corrected chi connectivity index (χ1v) is 11.9. The molecular formula is C24H26F3N7O3. The van der Waals surface area contributed by atoms with Crippen molar-refractivity contribution in [1.29, 1.82) is 0 Å². The molecule has 3 aromatic rings. The Hall–Kier alpha value is -4.03. The number of nitrogens with one attached hydrogen (secondary N) is 2. The lowest BCUT2D eigenvalue weighted by molar-refractivity contribution is -0.117. The number of amides is 2. The number of hydrogen-bond acceptors (Lipinski definition) is 6. The first-order valence-electron chi connectivity index (χ1n) is 11.9. The highest BCUT2D eigenvalue weighted by atomic mass is 19.1. The number of aryl methyl sites for hydroxylation is 1. The molecule has 1 aliphatic rings. The van der Waals surface area contributed by atoms with E-state index in [0.717, 1.165) is 28.5 Å². The van der Waals surface area contributed by atoms with Crippen LogP contribution in [0.3, 0.4) is 0 Å². The third-order valence-corrected chi connectivity index (χ3v) is 6.17. The van der Waals surface area contributed by atoms with Gasteiger partial charge in [0.2, 0.25) is 11.7 Å². The average Bonchev–Trinajstić information content (AvgIpc) is 3.31. The van der Waals surface area contributed by atoms with Gasteiger partial charge >= 0.3 is 0 Å². The van der Waals surface area contributed by atoms with Crippen molar-refractivity contribution in [2.45, 2.75) is 57.9 Å². The minimum atomic E-state index is -1.47. The Bertz CT molecular complexity index is 1320. The summed E-state index contributed by atoms with van der Waals surface area (Å²) in [5, 5.41) is 12.3. The molecule has 3 aromatic heterocycles. The van der Waals surface area contributed by atoms with E-state index in [-0.39, 0.29) is 49.0 Å². The molecule has 2 N–H and O–H groups in total. The van der Waals surface area contributed by atoms with Crippen LogP contribution in [0.15, 0.2) is 41.6 Å². The number of pyridine rings is 2. The number of carbonyl (C=O) groups excluding carboxylic acids is 2. The van der Waals surface area contributed by atoms with E-state index >= 15 is 0 Å². The van der Waals surface area contributed by atoms with E-state index in [1.54, 1.807) is 0 Å². The fraction of sp³-hybridized carbons (Fsp3) is 0.417. The zero-order chi connectivity index (χ0) is 26.4. The van der Waals surface area contributed by atoms with Gasteiger partial charge in [-0.3, -0.25) is 19.4 Å². The monoisotopic (exact) mass is 517 g/mol. The Morgan fingerprint density at radius 2 is 2.03 bits per heavy atom. The van der Waals surface area contributed by atoms with Crippen LogP contribution in [0.5, 0.6) is 0 Å². The summed E-state index contributed by atoms with van der Waals surface area (Å²) in [6, 6.07) is 3.93. The molecule has 1 unspecified atom stereocenters. The maximum Gasteiger partial charge on any atom is 0.288 e. The summed E-state index contributed by atoms with van der Waals surface area (Å²) in [7, 11) is 0. The first-order chi connectivity index (χ1) is 17.8. The van der Waals surface area contributed by atoms with Crippen molar-refractivity contribution < 1.29 is 22.8 Å². The molecule has 0 bridgehead atoms. The number of alkyl halides is 1. The molecule has 13 heteroatoms. The second kappa shape index (κ2) is 11.8. The molecular weight excluding hydrogens is 491 g/mol. The van der Waals surface area contributed by atoms with E-state index in [2.05, 4.69) is 25.9 Å². The molecule has 10 nitrogen and oxygen atoms in total. The quantitative estimate of drug-likeness (QED) is 0.403. The lowest BCUT2D eigenvalue weighted by Gasteiger charge is -2.24. The second-order valence-electron chi connectivity index (χ2n) is 8.92. The number of nitrogens with zero attached hydrogens (tertiary/aromatic N) is 5. The number of aromatic nitrogens is 5. The topological polar surface area (TPSA) is 124 Å². The molecule has 196 valence electrons. The largest absolute Gasteiger partial charge is 0.345 e. The predicted molar refractivity (Wildman–Crippen MR) is 126 cm³/mol. The molecule has 0 aromatic carbocycles. The van der Waals surface area contributed by atoms with Crippen LogP contribution in [-0.4, -0.2) is 42.5 Å². The van der Waals surface area contributed by atoms with Crippen molar-refractivity contribution in [3.63, 3.8) is 0 Å². The third kappa shape index (κ3) is 6.80. The molecule has 1 atom stereocenters. The molecule has 0 radical (unpaired) electrons. The molecule has 0 aliphatic heterocycles. The van der Waals surface area contributed by atoms with Crippen molar-refractivity contribution in [2.24, 2.45) is 5.92 Å². The lowest BCUT2D eigenvalue weighted by atomic mass is 9.83. The summed E-state index contributed by atoms with van der Waals surface area (Å²) >= 11 is 0. The van der Waals surface area contributed by atoms with Gasteiger partial charge in [-0.2, -0.15) is 4.39 Å². The number of carbonyl (C=O) groups is 2. The van der Waals surface area contributed by atoms with E-state index < -0.39 is 29.3 Å². The molecule has 1 saturated carbocycles. The van der Waals surface area contributed by atoms with Gasteiger partial charge in [-0.15, -0.1) is 5.10 Å². The van der Waals surface area contributed by atoms with Crippen LogP contribution in [0.25, 0.3) is 0 Å². The predicted octanol–water partition coefficient (Wildman–Crippen LogP) is 2.60. The zero-order valence-electron chi connectivity index (χ0n) is 19.9. The van der Waals surface area contributed by atoms with Gasteiger partial charge in [-0.1, -0.05) is 11.6 Å². The standard InChI is InChI=1S/C24H26F3N7O3/c25-16(13-34-14-20(31-32-34)23(36)29-12-19-17(26)5-2-8-28-19)6-9-33-10-7-18(22(27)24(33)37)30-21(35)11-15-3-1-4-15/h2,5,7-8,10,14-16H,1,3-4,6,9,11-13H2,(H,29,36)(H,30,35). The molecule has 4 rings (SSSR count). The summed E-state index contributed by atoms with van der Waals surface area (Å²) in [5.41, 5.74) is -1.18. The van der Waals surface area contributed by atoms with Crippen molar-refractivity contribution in [2.75, 3.05) is 5.32 Å². The number of anilines is 1. The molecule has 0 saturated heterocycles. The molecule has 1 aliphatic carbocycles. The molecule has 37 heavy (non-hydrogen) atoms. The highest BCUT2D eigenvalue weighted by Crippen LogP contribution is 2.29. The second-order valence-corrected chi connectivity index (χ2v) is 8.92. The van der Waals surface area contributed by atoms with E-state index in [4.69, 9.17) is 0 Å². The van der Waals surface area contributed by atoms with Crippen molar-refractivity contribution >= 4 is 17.5 Å². The van der Waals surface area contributed by atoms with Gasteiger partial charge in [0.05, 0.1) is 30.7 Å². The summed E-state index contributed by atoms with van der Waals surface area (Å²) in [6.07, 6.45) is 5.65. The van der Waals surface area contributed by atoms with E-state index in [1.807, 2.05) is 0 Å². The smallest absolute Gasteiger partial charge is 0.288 e. The van der Waals surface area contributed by atoms with Crippen LogP contribution < -0.4 is 16.2 Å². The summed E-state index contributed by atoms with van der Waals surface area (Å²) < 4.78 is 44.8. The first kappa shape index (κ1) is 26.0. The fourth-order valence-corrected chi connectivity index (χ4v) is 3.85. The summed E-state index contributed by atoms with van der Waals surface area (Å²) in [6.45, 7) is -0.509. The minimum absolute atomic E-state index is 0.0582. The molecule has 0 spiro atoms. The Balaban J connectivity index is 1.26. The molecule has 2 amide bonds. The van der Waals surface area contributed by atoms with Crippen LogP contribution in [0, 0.1) is 17.6 Å². The maximum atomic E-state index is 14.5. The Labute approximate surface area is 209 Å².